The van der Waals surface area contributed by atoms with Crippen LogP contribution in [0.3, 0.4) is 0 Å². The van der Waals surface area contributed by atoms with Gasteiger partial charge in [0.05, 0.1) is 0 Å². The highest BCUT2D eigenvalue weighted by atomic mass is 16.3. The number of nitrogens with two attached hydrogens (primary N) is 1. The van der Waals surface area contributed by atoms with Crippen LogP contribution in [0.15, 0.2) is 24.3 Å². The van der Waals surface area contributed by atoms with Crippen molar-refractivity contribution in [1.82, 2.24) is 5.32 Å². The van der Waals surface area contributed by atoms with Gasteiger partial charge in [-0.3, -0.25) is 0 Å². The van der Waals surface area contributed by atoms with Gasteiger partial charge in [0, 0.05) is 18.6 Å². The van der Waals surface area contributed by atoms with Gasteiger partial charge in [0.1, 0.15) is 5.75 Å². The zero-order valence-electron chi connectivity index (χ0n) is 9.52. The van der Waals surface area contributed by atoms with Crippen molar-refractivity contribution in [2.45, 2.75) is 44.3 Å². The molecular weight excluding hydrogens is 200 g/mol. The van der Waals surface area contributed by atoms with Gasteiger partial charge in [0.15, 0.2) is 0 Å². The Morgan fingerprint density at radius 1 is 1.25 bits per heavy atom. The molecule has 88 valence electrons. The maximum Gasteiger partial charge on any atom is 0.115 e. The van der Waals surface area contributed by atoms with Crippen LogP contribution >= 0.6 is 0 Å². The third-order valence-electron chi connectivity index (χ3n) is 3.25. The molecule has 16 heavy (non-hydrogen) atoms. The predicted molar refractivity (Wildman–Crippen MR) is 65.2 cm³/mol. The molecule has 1 fully saturated rings. The molecule has 0 radical (unpaired) electrons. The molecule has 1 aliphatic carbocycles. The summed E-state index contributed by atoms with van der Waals surface area (Å²) < 4.78 is 0. The highest BCUT2D eigenvalue weighted by Gasteiger charge is 2.18. The van der Waals surface area contributed by atoms with Crippen molar-refractivity contribution in [2.24, 2.45) is 5.73 Å². The first kappa shape index (κ1) is 11.4. The standard InChI is InChI=1S/C13H20N2O/c14-11-2-1-3-12(8-11)15-9-10-4-6-13(16)7-5-10/h4-7,11-12,15-16H,1-3,8-9,14H2. The van der Waals surface area contributed by atoms with E-state index in [9.17, 15) is 5.11 Å². The van der Waals surface area contributed by atoms with Gasteiger partial charge >= 0.3 is 0 Å². The Hall–Kier alpha value is -1.06. The fraction of sp³-hybridized carbons (Fsp3) is 0.538. The van der Waals surface area contributed by atoms with E-state index in [0.717, 1.165) is 19.4 Å². The molecule has 2 rings (SSSR count). The summed E-state index contributed by atoms with van der Waals surface area (Å²) >= 11 is 0. The molecule has 0 spiro atoms. The molecule has 3 heteroatoms. The van der Waals surface area contributed by atoms with E-state index in [2.05, 4.69) is 5.32 Å². The van der Waals surface area contributed by atoms with Gasteiger partial charge in [0.25, 0.3) is 0 Å². The molecule has 1 aliphatic rings. The number of rotatable bonds is 3. The molecule has 0 aromatic heterocycles. The quantitative estimate of drug-likeness (QED) is 0.727. The molecule has 0 bridgehead atoms. The lowest BCUT2D eigenvalue weighted by molar-refractivity contribution is 0.338. The van der Waals surface area contributed by atoms with Crippen molar-refractivity contribution in [3.05, 3.63) is 29.8 Å². The third kappa shape index (κ3) is 3.22. The van der Waals surface area contributed by atoms with Crippen molar-refractivity contribution >= 4 is 0 Å². The van der Waals surface area contributed by atoms with Crippen LogP contribution in [0.5, 0.6) is 5.75 Å². The van der Waals surface area contributed by atoms with E-state index in [1.54, 1.807) is 12.1 Å². The van der Waals surface area contributed by atoms with E-state index in [1.165, 1.54) is 18.4 Å². The van der Waals surface area contributed by atoms with Gasteiger partial charge in [-0.1, -0.05) is 18.6 Å². The van der Waals surface area contributed by atoms with Crippen LogP contribution in [-0.4, -0.2) is 17.2 Å². The smallest absolute Gasteiger partial charge is 0.115 e. The summed E-state index contributed by atoms with van der Waals surface area (Å²) in [6.07, 6.45) is 4.70. The molecular formula is C13H20N2O. The summed E-state index contributed by atoms with van der Waals surface area (Å²) in [6, 6.07) is 8.27. The van der Waals surface area contributed by atoms with E-state index < -0.39 is 0 Å². The average molecular weight is 220 g/mol. The van der Waals surface area contributed by atoms with Gasteiger partial charge in [-0.15, -0.1) is 0 Å². The lowest BCUT2D eigenvalue weighted by Crippen LogP contribution is -2.39. The van der Waals surface area contributed by atoms with Crippen LogP contribution in [0.2, 0.25) is 0 Å². The van der Waals surface area contributed by atoms with Gasteiger partial charge < -0.3 is 16.2 Å². The lowest BCUT2D eigenvalue weighted by Gasteiger charge is -2.27. The number of aromatic hydroxyl groups is 1. The van der Waals surface area contributed by atoms with Crippen LogP contribution < -0.4 is 11.1 Å². The Balaban J connectivity index is 1.80. The number of nitrogens with one attached hydrogen (secondary N) is 1. The number of benzene rings is 1. The molecule has 2 atom stereocenters. The zero-order chi connectivity index (χ0) is 11.4. The first-order chi connectivity index (χ1) is 7.74. The summed E-state index contributed by atoms with van der Waals surface area (Å²) in [5, 5.41) is 12.7. The van der Waals surface area contributed by atoms with E-state index in [4.69, 9.17) is 5.73 Å². The minimum absolute atomic E-state index is 0.323. The minimum Gasteiger partial charge on any atom is -0.508 e. The monoisotopic (exact) mass is 220 g/mol. The van der Waals surface area contributed by atoms with Crippen molar-refractivity contribution < 1.29 is 5.11 Å². The molecule has 1 saturated carbocycles. The van der Waals surface area contributed by atoms with Gasteiger partial charge in [-0.05, 0) is 37.0 Å². The van der Waals surface area contributed by atoms with Crippen LogP contribution in [0.25, 0.3) is 0 Å². The fourth-order valence-corrected chi connectivity index (χ4v) is 2.29. The highest BCUT2D eigenvalue weighted by Crippen LogP contribution is 2.17. The highest BCUT2D eigenvalue weighted by molar-refractivity contribution is 5.25. The Bertz CT molecular complexity index is 323. The van der Waals surface area contributed by atoms with E-state index >= 15 is 0 Å². The molecule has 4 N–H and O–H groups in total. The molecule has 3 nitrogen and oxygen atoms in total. The summed E-state index contributed by atoms with van der Waals surface area (Å²) in [4.78, 5) is 0. The first-order valence-electron chi connectivity index (χ1n) is 6.01. The van der Waals surface area contributed by atoms with E-state index in [1.807, 2.05) is 12.1 Å². The third-order valence-corrected chi connectivity index (χ3v) is 3.25. The number of hydrogen-bond donors (Lipinski definition) is 3. The van der Waals surface area contributed by atoms with Gasteiger partial charge in [0.2, 0.25) is 0 Å². The largest absolute Gasteiger partial charge is 0.508 e. The molecule has 0 heterocycles. The second-order valence-corrected chi connectivity index (χ2v) is 4.67. The van der Waals surface area contributed by atoms with Gasteiger partial charge in [-0.2, -0.15) is 0 Å². The molecule has 0 aliphatic heterocycles. The first-order valence-corrected chi connectivity index (χ1v) is 6.01. The topological polar surface area (TPSA) is 58.3 Å². The Kier molecular flexibility index (Phi) is 3.80. The van der Waals surface area contributed by atoms with Crippen molar-refractivity contribution in [1.29, 1.82) is 0 Å². The lowest BCUT2D eigenvalue weighted by atomic mass is 9.91. The van der Waals surface area contributed by atoms with Gasteiger partial charge in [-0.25, -0.2) is 0 Å². The second-order valence-electron chi connectivity index (χ2n) is 4.67. The summed E-state index contributed by atoms with van der Waals surface area (Å²) in [5.41, 5.74) is 7.15. The SMILES string of the molecule is NC1CCCC(NCc2ccc(O)cc2)C1. The van der Waals surface area contributed by atoms with Crippen molar-refractivity contribution in [3.63, 3.8) is 0 Å². The number of phenols is 1. The maximum absolute atomic E-state index is 9.17. The van der Waals surface area contributed by atoms with E-state index in [-0.39, 0.29) is 0 Å². The molecule has 1 aromatic carbocycles. The molecule has 1 aromatic rings. The van der Waals surface area contributed by atoms with Crippen LogP contribution in [0.4, 0.5) is 0 Å². The summed E-state index contributed by atoms with van der Waals surface area (Å²) in [5.74, 6) is 0.323. The fourth-order valence-electron chi connectivity index (χ4n) is 2.29. The van der Waals surface area contributed by atoms with Crippen LogP contribution in [0.1, 0.15) is 31.2 Å². The predicted octanol–water partition coefficient (Wildman–Crippen LogP) is 1.75. The summed E-state index contributed by atoms with van der Waals surface area (Å²) in [7, 11) is 0. The normalized spacial score (nSPS) is 25.6. The minimum atomic E-state index is 0.323. The number of phenolic OH excluding ortho intramolecular Hbond substituents is 1. The second kappa shape index (κ2) is 5.32. The molecule has 0 saturated heterocycles. The number of hydrogen-bond acceptors (Lipinski definition) is 3. The van der Waals surface area contributed by atoms with Crippen LogP contribution in [0, 0.1) is 0 Å². The molecule has 0 amide bonds. The van der Waals surface area contributed by atoms with E-state index in [0.29, 0.717) is 17.8 Å². The van der Waals surface area contributed by atoms with Crippen molar-refractivity contribution in [3.8, 4) is 5.75 Å². The Morgan fingerprint density at radius 3 is 2.69 bits per heavy atom. The zero-order valence-corrected chi connectivity index (χ0v) is 9.52. The summed E-state index contributed by atoms with van der Waals surface area (Å²) in [6.45, 7) is 0.859. The van der Waals surface area contributed by atoms with Crippen molar-refractivity contribution in [2.75, 3.05) is 0 Å². The van der Waals surface area contributed by atoms with Crippen LogP contribution in [-0.2, 0) is 6.54 Å². The Morgan fingerprint density at radius 2 is 2.00 bits per heavy atom. The average Bonchev–Trinajstić information content (AvgIpc) is 2.28. The maximum atomic E-state index is 9.17. The molecule has 2 unspecified atom stereocenters. The Labute approximate surface area is 96.7 Å².